The third-order valence-electron chi connectivity index (χ3n) is 3.97. The second-order valence-electron chi connectivity index (χ2n) is 7.70. The Morgan fingerprint density at radius 2 is 1.93 bits per heavy atom. The average Bonchev–Trinajstić information content (AvgIpc) is 3.02. The number of ether oxygens (including phenoxy) is 1. The first-order chi connectivity index (χ1) is 13.2. The van der Waals surface area contributed by atoms with Crippen LogP contribution in [0.1, 0.15) is 37.6 Å². The molecule has 0 unspecified atom stereocenters. The van der Waals surface area contributed by atoms with Crippen LogP contribution in [-0.4, -0.2) is 31.1 Å². The van der Waals surface area contributed by atoms with Crippen molar-refractivity contribution in [3.63, 3.8) is 0 Å². The molecule has 0 spiro atoms. The highest BCUT2D eigenvalue weighted by atomic mass is 16.6. The number of esters is 1. The smallest absolute Gasteiger partial charge is 0.310 e. The maximum atomic E-state index is 12.3. The third-order valence-corrected chi connectivity index (χ3v) is 3.97. The fourth-order valence-electron chi connectivity index (χ4n) is 2.83. The molecule has 0 N–H and O–H groups in total. The van der Waals surface area contributed by atoms with E-state index in [1.165, 1.54) is 6.07 Å². The summed E-state index contributed by atoms with van der Waals surface area (Å²) >= 11 is 0. The number of carbonyl (C=O) groups is 1. The van der Waals surface area contributed by atoms with Crippen molar-refractivity contribution in [3.05, 3.63) is 76.0 Å². The first-order valence-electron chi connectivity index (χ1n) is 9.07. The van der Waals surface area contributed by atoms with E-state index >= 15 is 0 Å². The average molecular weight is 380 g/mol. The lowest BCUT2D eigenvalue weighted by atomic mass is 10.0. The number of rotatable bonds is 5. The van der Waals surface area contributed by atoms with Gasteiger partial charge in [-0.15, -0.1) is 0 Å². The SMILES string of the molecule is Cn1cc(-n2ccc(=O)c(Cc3cccc(CC(=O)OC(C)(C)C)c3)n2)cn1. The first kappa shape index (κ1) is 19.5. The Hall–Kier alpha value is -3.22. The van der Waals surface area contributed by atoms with Crippen LogP contribution in [0, 0.1) is 0 Å². The van der Waals surface area contributed by atoms with Gasteiger partial charge in [-0.25, -0.2) is 4.68 Å². The van der Waals surface area contributed by atoms with Crippen LogP contribution in [0.25, 0.3) is 5.69 Å². The lowest BCUT2D eigenvalue weighted by Crippen LogP contribution is -2.24. The summed E-state index contributed by atoms with van der Waals surface area (Å²) in [5.74, 6) is -0.276. The molecule has 28 heavy (non-hydrogen) atoms. The largest absolute Gasteiger partial charge is 0.460 e. The molecule has 0 bridgehead atoms. The summed E-state index contributed by atoms with van der Waals surface area (Å²) in [5, 5.41) is 8.58. The molecule has 0 aliphatic heterocycles. The van der Waals surface area contributed by atoms with Crippen molar-refractivity contribution in [3.8, 4) is 5.69 Å². The molecule has 1 aromatic carbocycles. The van der Waals surface area contributed by atoms with Gasteiger partial charge in [0.05, 0.1) is 18.8 Å². The van der Waals surface area contributed by atoms with Gasteiger partial charge in [-0.05, 0) is 31.9 Å². The molecule has 0 aliphatic carbocycles. The van der Waals surface area contributed by atoms with Gasteiger partial charge < -0.3 is 4.74 Å². The Bertz CT molecular complexity index is 1040. The quantitative estimate of drug-likeness (QED) is 0.635. The van der Waals surface area contributed by atoms with E-state index in [0.29, 0.717) is 12.1 Å². The Morgan fingerprint density at radius 1 is 1.18 bits per heavy atom. The van der Waals surface area contributed by atoms with Crippen molar-refractivity contribution in [2.24, 2.45) is 7.05 Å². The zero-order valence-corrected chi connectivity index (χ0v) is 16.5. The Balaban J connectivity index is 1.79. The van der Waals surface area contributed by atoms with E-state index in [4.69, 9.17) is 4.74 Å². The van der Waals surface area contributed by atoms with Gasteiger partial charge in [0, 0.05) is 25.7 Å². The Morgan fingerprint density at radius 3 is 2.61 bits per heavy atom. The highest BCUT2D eigenvalue weighted by Gasteiger charge is 2.16. The van der Waals surface area contributed by atoms with E-state index in [0.717, 1.165) is 16.8 Å². The number of hydrogen-bond donors (Lipinski definition) is 0. The molecule has 7 nitrogen and oxygen atoms in total. The fraction of sp³-hybridized carbons (Fsp3) is 0.333. The van der Waals surface area contributed by atoms with Gasteiger partial charge in [-0.3, -0.25) is 14.3 Å². The van der Waals surface area contributed by atoms with Gasteiger partial charge in [0.15, 0.2) is 0 Å². The lowest BCUT2D eigenvalue weighted by molar-refractivity contribution is -0.153. The Labute approximate surface area is 163 Å². The molecule has 2 aromatic heterocycles. The van der Waals surface area contributed by atoms with Gasteiger partial charge in [0.2, 0.25) is 5.43 Å². The van der Waals surface area contributed by atoms with Crippen LogP contribution in [0.15, 0.2) is 53.7 Å². The minimum atomic E-state index is -0.514. The van der Waals surface area contributed by atoms with Crippen LogP contribution in [0.4, 0.5) is 0 Å². The molecule has 0 atom stereocenters. The molecule has 0 saturated heterocycles. The number of carbonyl (C=O) groups excluding carboxylic acids is 1. The van der Waals surface area contributed by atoms with Crippen molar-refractivity contribution < 1.29 is 9.53 Å². The summed E-state index contributed by atoms with van der Waals surface area (Å²) in [4.78, 5) is 24.3. The van der Waals surface area contributed by atoms with Gasteiger partial charge in [-0.1, -0.05) is 24.3 Å². The maximum absolute atomic E-state index is 12.3. The molecule has 0 amide bonds. The van der Waals surface area contributed by atoms with E-state index < -0.39 is 5.60 Å². The number of aromatic nitrogens is 4. The van der Waals surface area contributed by atoms with E-state index in [1.807, 2.05) is 58.3 Å². The summed E-state index contributed by atoms with van der Waals surface area (Å²) < 4.78 is 8.68. The van der Waals surface area contributed by atoms with Gasteiger partial charge >= 0.3 is 5.97 Å². The van der Waals surface area contributed by atoms with Crippen LogP contribution in [0.5, 0.6) is 0 Å². The minimum Gasteiger partial charge on any atom is -0.460 e. The van der Waals surface area contributed by atoms with E-state index in [-0.39, 0.29) is 17.8 Å². The van der Waals surface area contributed by atoms with Gasteiger partial charge in [0.25, 0.3) is 0 Å². The third kappa shape index (κ3) is 5.16. The zero-order chi connectivity index (χ0) is 20.3. The monoisotopic (exact) mass is 380 g/mol. The van der Waals surface area contributed by atoms with Crippen LogP contribution >= 0.6 is 0 Å². The van der Waals surface area contributed by atoms with E-state index in [2.05, 4.69) is 10.2 Å². The molecule has 3 aromatic rings. The Kier molecular flexibility index (Phi) is 5.44. The van der Waals surface area contributed by atoms with E-state index in [9.17, 15) is 9.59 Å². The van der Waals surface area contributed by atoms with Crippen molar-refractivity contribution >= 4 is 5.97 Å². The van der Waals surface area contributed by atoms with Crippen molar-refractivity contribution in [1.29, 1.82) is 0 Å². The predicted molar refractivity (Wildman–Crippen MR) is 105 cm³/mol. The number of benzene rings is 1. The fourth-order valence-corrected chi connectivity index (χ4v) is 2.83. The van der Waals surface area contributed by atoms with Crippen LogP contribution in [-0.2, 0) is 29.4 Å². The second kappa shape index (κ2) is 7.80. The molecule has 146 valence electrons. The van der Waals surface area contributed by atoms with Crippen LogP contribution in [0.3, 0.4) is 0 Å². The predicted octanol–water partition coefficient (Wildman–Crippen LogP) is 2.44. The molecule has 0 radical (unpaired) electrons. The molecule has 0 fully saturated rings. The van der Waals surface area contributed by atoms with E-state index in [1.54, 1.807) is 21.8 Å². The van der Waals surface area contributed by atoms with Crippen LogP contribution < -0.4 is 5.43 Å². The summed E-state index contributed by atoms with van der Waals surface area (Å²) in [7, 11) is 1.82. The lowest BCUT2D eigenvalue weighted by Gasteiger charge is -2.19. The van der Waals surface area contributed by atoms with Gasteiger partial charge in [0.1, 0.15) is 17.0 Å². The molecule has 2 heterocycles. The number of hydrogen-bond acceptors (Lipinski definition) is 5. The minimum absolute atomic E-state index is 0.127. The summed E-state index contributed by atoms with van der Waals surface area (Å²) in [6, 6.07) is 9.07. The van der Waals surface area contributed by atoms with Crippen molar-refractivity contribution in [1.82, 2.24) is 19.6 Å². The standard InChI is InChI=1S/C21H24N4O3/c1-21(2,3)28-20(27)12-16-7-5-6-15(10-16)11-18-19(26)8-9-25(23-18)17-13-22-24(4)14-17/h5-10,13-14H,11-12H2,1-4H3. The molecule has 0 aliphatic rings. The second-order valence-corrected chi connectivity index (χ2v) is 7.70. The van der Waals surface area contributed by atoms with Crippen LogP contribution in [0.2, 0.25) is 0 Å². The molecule has 0 saturated carbocycles. The molecule has 7 heteroatoms. The zero-order valence-electron chi connectivity index (χ0n) is 16.5. The number of nitrogens with zero attached hydrogens (tertiary/aromatic N) is 4. The first-order valence-corrected chi connectivity index (χ1v) is 9.07. The molecular weight excluding hydrogens is 356 g/mol. The summed E-state index contributed by atoms with van der Waals surface area (Å²) in [6.45, 7) is 5.53. The maximum Gasteiger partial charge on any atom is 0.310 e. The molecule has 3 rings (SSSR count). The van der Waals surface area contributed by atoms with Gasteiger partial charge in [-0.2, -0.15) is 10.2 Å². The summed E-state index contributed by atoms with van der Waals surface area (Å²) in [6.07, 6.45) is 5.70. The number of aryl methyl sites for hydroxylation is 1. The highest BCUT2D eigenvalue weighted by molar-refractivity contribution is 5.73. The molecular formula is C21H24N4O3. The summed E-state index contributed by atoms with van der Waals surface area (Å²) in [5.41, 5.74) is 2.32. The topological polar surface area (TPSA) is 79.0 Å². The van der Waals surface area contributed by atoms with Crippen molar-refractivity contribution in [2.75, 3.05) is 0 Å². The van der Waals surface area contributed by atoms with Crippen molar-refractivity contribution in [2.45, 2.75) is 39.2 Å². The highest BCUT2D eigenvalue weighted by Crippen LogP contribution is 2.13. The normalized spacial score (nSPS) is 11.4.